The van der Waals surface area contributed by atoms with Gasteiger partial charge in [-0.2, -0.15) is 0 Å². The number of benzene rings is 1. The minimum Gasteiger partial charge on any atom is -0.396 e. The van der Waals surface area contributed by atoms with E-state index in [0.29, 0.717) is 10.0 Å². The average molecular weight is 233 g/mol. The third-order valence-electron chi connectivity index (χ3n) is 2.59. The summed E-state index contributed by atoms with van der Waals surface area (Å²) in [5.74, 6) is 0.443. The minimum absolute atomic E-state index is 0.167. The Morgan fingerprint density at radius 3 is 2.43 bits per heavy atom. The molecule has 14 heavy (non-hydrogen) atoms. The fourth-order valence-corrected chi connectivity index (χ4v) is 1.92. The lowest BCUT2D eigenvalue weighted by molar-refractivity contribution is 0.220. The summed E-state index contributed by atoms with van der Waals surface area (Å²) in [6, 6.07) is 5.48. The molecule has 2 unspecified atom stereocenters. The van der Waals surface area contributed by atoms with E-state index in [4.69, 9.17) is 28.3 Å². The van der Waals surface area contributed by atoms with Crippen LogP contribution in [0, 0.1) is 5.92 Å². The highest BCUT2D eigenvalue weighted by Gasteiger charge is 2.16. The van der Waals surface area contributed by atoms with E-state index < -0.39 is 0 Å². The normalized spacial score (nSPS) is 15.2. The second-order valence-corrected chi connectivity index (χ2v) is 4.46. The van der Waals surface area contributed by atoms with Gasteiger partial charge in [0.25, 0.3) is 0 Å². The standard InChI is InChI=1S/C11H14Cl2O/c1-7(6-14)8(2)10-4-3-9(12)5-11(10)13/h3-5,7-8,14H,6H2,1-2H3. The fraction of sp³-hybridized carbons (Fsp3) is 0.455. The smallest absolute Gasteiger partial charge is 0.0462 e. The van der Waals surface area contributed by atoms with Gasteiger partial charge in [-0.05, 0) is 29.5 Å². The first-order valence-electron chi connectivity index (χ1n) is 4.62. The molecule has 0 aliphatic heterocycles. The number of hydrogen-bond acceptors (Lipinski definition) is 1. The predicted molar refractivity (Wildman–Crippen MR) is 61.1 cm³/mol. The van der Waals surface area contributed by atoms with Gasteiger partial charge < -0.3 is 5.11 Å². The van der Waals surface area contributed by atoms with Crippen molar-refractivity contribution in [1.29, 1.82) is 0 Å². The molecule has 0 fully saturated rings. The third-order valence-corrected chi connectivity index (χ3v) is 3.16. The topological polar surface area (TPSA) is 20.2 Å². The Morgan fingerprint density at radius 2 is 1.93 bits per heavy atom. The van der Waals surface area contributed by atoms with E-state index in [-0.39, 0.29) is 18.4 Å². The molecule has 0 heterocycles. The van der Waals surface area contributed by atoms with Gasteiger partial charge in [0.2, 0.25) is 0 Å². The molecule has 3 heteroatoms. The molecule has 0 aliphatic carbocycles. The van der Waals surface area contributed by atoms with Gasteiger partial charge in [0, 0.05) is 16.7 Å². The lowest BCUT2D eigenvalue weighted by Gasteiger charge is -2.19. The molecule has 0 spiro atoms. The molecule has 0 saturated carbocycles. The summed E-state index contributed by atoms with van der Waals surface area (Å²) in [6.45, 7) is 4.21. The van der Waals surface area contributed by atoms with Crippen LogP contribution in [0.4, 0.5) is 0 Å². The zero-order chi connectivity index (χ0) is 10.7. The molecule has 1 nitrogen and oxygen atoms in total. The minimum atomic E-state index is 0.167. The maximum absolute atomic E-state index is 9.04. The van der Waals surface area contributed by atoms with Crippen molar-refractivity contribution in [2.24, 2.45) is 5.92 Å². The van der Waals surface area contributed by atoms with Gasteiger partial charge in [0.1, 0.15) is 0 Å². The quantitative estimate of drug-likeness (QED) is 0.843. The van der Waals surface area contributed by atoms with E-state index in [9.17, 15) is 0 Å². The molecule has 78 valence electrons. The van der Waals surface area contributed by atoms with E-state index >= 15 is 0 Å². The number of aliphatic hydroxyl groups is 1. The van der Waals surface area contributed by atoms with Crippen LogP contribution in [0.5, 0.6) is 0 Å². The van der Waals surface area contributed by atoms with Crippen LogP contribution in [0.25, 0.3) is 0 Å². The van der Waals surface area contributed by atoms with Crippen LogP contribution in [0.3, 0.4) is 0 Å². The van der Waals surface area contributed by atoms with Gasteiger partial charge in [-0.15, -0.1) is 0 Å². The molecule has 0 bridgehead atoms. The SMILES string of the molecule is CC(CO)C(C)c1ccc(Cl)cc1Cl. The van der Waals surface area contributed by atoms with Gasteiger partial charge >= 0.3 is 0 Å². The summed E-state index contributed by atoms with van der Waals surface area (Å²) in [4.78, 5) is 0. The van der Waals surface area contributed by atoms with E-state index in [1.807, 2.05) is 19.1 Å². The van der Waals surface area contributed by atoms with Gasteiger partial charge in [0.05, 0.1) is 0 Å². The lowest BCUT2D eigenvalue weighted by atomic mass is 9.89. The molecule has 0 radical (unpaired) electrons. The number of rotatable bonds is 3. The summed E-state index contributed by atoms with van der Waals surface area (Å²) in [6.07, 6.45) is 0. The van der Waals surface area contributed by atoms with Crippen LogP contribution >= 0.6 is 23.2 Å². The summed E-state index contributed by atoms with van der Waals surface area (Å²) in [7, 11) is 0. The zero-order valence-electron chi connectivity index (χ0n) is 8.30. The molecular formula is C11H14Cl2O. The monoisotopic (exact) mass is 232 g/mol. The van der Waals surface area contributed by atoms with Crippen LogP contribution in [-0.4, -0.2) is 11.7 Å². The van der Waals surface area contributed by atoms with Crippen molar-refractivity contribution in [2.45, 2.75) is 19.8 Å². The molecule has 1 aromatic carbocycles. The maximum Gasteiger partial charge on any atom is 0.0462 e. The Morgan fingerprint density at radius 1 is 1.29 bits per heavy atom. The van der Waals surface area contributed by atoms with E-state index in [0.717, 1.165) is 5.56 Å². The summed E-state index contributed by atoms with van der Waals surface area (Å²) in [5.41, 5.74) is 1.04. The van der Waals surface area contributed by atoms with Crippen LogP contribution in [0.15, 0.2) is 18.2 Å². The van der Waals surface area contributed by atoms with Gasteiger partial charge in [0.15, 0.2) is 0 Å². The molecule has 1 rings (SSSR count). The molecular weight excluding hydrogens is 219 g/mol. The first-order chi connectivity index (χ1) is 6.56. The third kappa shape index (κ3) is 2.63. The second-order valence-electron chi connectivity index (χ2n) is 3.61. The van der Waals surface area contributed by atoms with Crippen molar-refractivity contribution in [3.05, 3.63) is 33.8 Å². The molecule has 2 atom stereocenters. The first kappa shape index (κ1) is 11.8. The molecule has 1 N–H and O–H groups in total. The van der Waals surface area contributed by atoms with Crippen molar-refractivity contribution in [1.82, 2.24) is 0 Å². The molecule has 0 aromatic heterocycles. The fourth-order valence-electron chi connectivity index (χ4n) is 1.34. The predicted octanol–water partition coefficient (Wildman–Crippen LogP) is 3.73. The Bertz CT molecular complexity index is 312. The lowest BCUT2D eigenvalue weighted by Crippen LogP contribution is -2.10. The van der Waals surface area contributed by atoms with Crippen LogP contribution in [0.1, 0.15) is 25.3 Å². The highest BCUT2D eigenvalue weighted by atomic mass is 35.5. The van der Waals surface area contributed by atoms with Crippen molar-refractivity contribution >= 4 is 23.2 Å². The highest BCUT2D eigenvalue weighted by molar-refractivity contribution is 6.35. The van der Waals surface area contributed by atoms with E-state index in [1.165, 1.54) is 0 Å². The Kier molecular flexibility index (Phi) is 4.24. The molecule has 0 amide bonds. The van der Waals surface area contributed by atoms with Gasteiger partial charge in [-0.3, -0.25) is 0 Å². The highest BCUT2D eigenvalue weighted by Crippen LogP contribution is 2.31. The Balaban J connectivity index is 2.95. The van der Waals surface area contributed by atoms with Crippen molar-refractivity contribution in [3.8, 4) is 0 Å². The van der Waals surface area contributed by atoms with Gasteiger partial charge in [-0.25, -0.2) is 0 Å². The van der Waals surface area contributed by atoms with Crippen molar-refractivity contribution < 1.29 is 5.11 Å². The van der Waals surface area contributed by atoms with E-state index in [1.54, 1.807) is 6.07 Å². The maximum atomic E-state index is 9.04. The molecule has 1 aromatic rings. The van der Waals surface area contributed by atoms with Crippen molar-refractivity contribution in [3.63, 3.8) is 0 Å². The summed E-state index contributed by atoms with van der Waals surface area (Å²) in [5, 5.41) is 10.4. The largest absolute Gasteiger partial charge is 0.396 e. The Labute approximate surface area is 94.7 Å². The molecule has 0 saturated heterocycles. The Hall–Kier alpha value is -0.240. The molecule has 0 aliphatic rings. The number of aliphatic hydroxyl groups excluding tert-OH is 1. The zero-order valence-corrected chi connectivity index (χ0v) is 9.81. The summed E-state index contributed by atoms with van der Waals surface area (Å²) < 4.78 is 0. The van der Waals surface area contributed by atoms with Crippen LogP contribution < -0.4 is 0 Å². The average Bonchev–Trinajstić information content (AvgIpc) is 2.15. The van der Waals surface area contributed by atoms with Crippen LogP contribution in [0.2, 0.25) is 10.0 Å². The number of halogens is 2. The second kappa shape index (κ2) is 5.01. The summed E-state index contributed by atoms with van der Waals surface area (Å²) >= 11 is 11.9. The van der Waals surface area contributed by atoms with Gasteiger partial charge in [-0.1, -0.05) is 43.1 Å². The van der Waals surface area contributed by atoms with Crippen molar-refractivity contribution in [2.75, 3.05) is 6.61 Å². The van der Waals surface area contributed by atoms with E-state index in [2.05, 4.69) is 6.92 Å². The number of hydrogen-bond donors (Lipinski definition) is 1. The first-order valence-corrected chi connectivity index (χ1v) is 5.37. The van der Waals surface area contributed by atoms with Crippen LogP contribution in [-0.2, 0) is 0 Å².